The van der Waals surface area contributed by atoms with Crippen molar-refractivity contribution in [3.8, 4) is 0 Å². The zero-order valence-electron chi connectivity index (χ0n) is 45.3. The van der Waals surface area contributed by atoms with Crippen molar-refractivity contribution in [2.45, 2.75) is 217 Å². The van der Waals surface area contributed by atoms with Crippen LogP contribution in [0.1, 0.15) is 121 Å². The van der Waals surface area contributed by atoms with Gasteiger partial charge in [-0.25, -0.2) is 0 Å². The summed E-state index contributed by atoms with van der Waals surface area (Å²) in [4.78, 5) is 60.8. The molecular formula is C55H83ClN2O17. The van der Waals surface area contributed by atoms with Crippen LogP contribution in [0.4, 0.5) is 0 Å². The standard InChI is InChI=1S/C55H83ClN2O17/c1-31(13-19-45-33(3)24-43(37(7)72-45)57-48(61)22-16-35(5)70-39(9)59)12-18-41-27-54(67,29-56)28-42(74-41)26-50(63)69-30-55(68)51(64)47(75-53(11,66)52(55)65)21-15-32(2)14-20-46-34(4)25-44(38(8)73-46)58-49(62)23-17-36(6)71-40(10)60/h12-18,21-23,33-38,41-47,51-52,64-68H,19-20,24-30H2,1-11H3,(H,57,61)(H,58,62)/b18-12+,21-15+,22-16-,23-17-,31-13+,32-14+/t33-,34-,35-,36-,37+,38+,41+,42+,43+,44+,45-,46-,47+,51+,52-,53-,54+,55+/m0/s1. The van der Waals surface area contributed by atoms with Gasteiger partial charge in [0.15, 0.2) is 11.4 Å². The van der Waals surface area contributed by atoms with Gasteiger partial charge in [-0.05, 0) is 98.1 Å². The quantitative estimate of drug-likeness (QED) is 0.0276. The second-order valence-corrected chi connectivity index (χ2v) is 21.5. The van der Waals surface area contributed by atoms with Crippen LogP contribution in [0.5, 0.6) is 0 Å². The lowest BCUT2D eigenvalue weighted by molar-refractivity contribution is -0.362. The highest BCUT2D eigenvalue weighted by molar-refractivity contribution is 6.18. The van der Waals surface area contributed by atoms with Gasteiger partial charge >= 0.3 is 17.9 Å². The van der Waals surface area contributed by atoms with Gasteiger partial charge in [0, 0.05) is 38.8 Å². The summed E-state index contributed by atoms with van der Waals surface area (Å²) >= 11 is 6.23. The summed E-state index contributed by atoms with van der Waals surface area (Å²) in [5, 5.41) is 62.5. The molecule has 422 valence electrons. The molecule has 0 aromatic carbocycles. The number of ether oxygens (including phenoxy) is 7. The lowest BCUT2D eigenvalue weighted by atomic mass is 9.80. The molecule has 4 aliphatic heterocycles. The Morgan fingerprint density at radius 2 is 1.20 bits per heavy atom. The summed E-state index contributed by atoms with van der Waals surface area (Å²) in [5.74, 6) is -4.69. The van der Waals surface area contributed by atoms with Gasteiger partial charge in [-0.2, -0.15) is 0 Å². The Hall–Kier alpha value is -4.28. The van der Waals surface area contributed by atoms with E-state index in [2.05, 4.69) is 17.6 Å². The van der Waals surface area contributed by atoms with Crippen LogP contribution in [0.25, 0.3) is 0 Å². The summed E-state index contributed by atoms with van der Waals surface area (Å²) in [6.07, 6.45) is 9.88. The van der Waals surface area contributed by atoms with E-state index >= 15 is 0 Å². The predicted octanol–water partition coefficient (Wildman–Crippen LogP) is 4.39. The van der Waals surface area contributed by atoms with Crippen LogP contribution in [0.2, 0.25) is 0 Å². The van der Waals surface area contributed by atoms with Crippen molar-refractivity contribution in [1.82, 2.24) is 10.6 Å². The van der Waals surface area contributed by atoms with E-state index in [1.54, 1.807) is 26.0 Å². The van der Waals surface area contributed by atoms with Crippen LogP contribution < -0.4 is 10.6 Å². The van der Waals surface area contributed by atoms with Crippen molar-refractivity contribution < 1.29 is 82.7 Å². The van der Waals surface area contributed by atoms with Gasteiger partial charge < -0.3 is 69.3 Å². The van der Waals surface area contributed by atoms with E-state index in [9.17, 15) is 49.5 Å². The Morgan fingerprint density at radius 3 is 1.67 bits per heavy atom. The summed E-state index contributed by atoms with van der Waals surface area (Å²) in [6, 6.07) is -0.447. The molecule has 4 rings (SSSR count). The average molecular weight is 1080 g/mol. The van der Waals surface area contributed by atoms with Gasteiger partial charge in [-0.3, -0.25) is 24.0 Å². The second-order valence-electron chi connectivity index (χ2n) is 21.3. The highest BCUT2D eigenvalue weighted by atomic mass is 35.5. The van der Waals surface area contributed by atoms with Crippen LogP contribution >= 0.6 is 11.6 Å². The van der Waals surface area contributed by atoms with Crippen molar-refractivity contribution in [3.63, 3.8) is 0 Å². The summed E-state index contributed by atoms with van der Waals surface area (Å²) < 4.78 is 39.9. The Balaban J connectivity index is 1.29. The Morgan fingerprint density at radius 1 is 0.720 bits per heavy atom. The Kier molecular flexibility index (Phi) is 23.9. The minimum Gasteiger partial charge on any atom is -0.462 e. The molecule has 75 heavy (non-hydrogen) atoms. The third-order valence-electron chi connectivity index (χ3n) is 14.1. The molecule has 4 saturated heterocycles. The number of hydrogen-bond acceptors (Lipinski definition) is 17. The average Bonchev–Trinajstić information content (AvgIpc) is 3.32. The van der Waals surface area contributed by atoms with E-state index < -0.39 is 84.2 Å². The first kappa shape index (κ1) is 63.3. The Bertz CT molecular complexity index is 2140. The zero-order chi connectivity index (χ0) is 56.0. The molecule has 0 unspecified atom stereocenters. The van der Waals surface area contributed by atoms with Crippen molar-refractivity contribution in [2.75, 3.05) is 12.5 Å². The number of amides is 2. The lowest BCUT2D eigenvalue weighted by Gasteiger charge is -2.50. The fourth-order valence-electron chi connectivity index (χ4n) is 9.81. The van der Waals surface area contributed by atoms with Crippen LogP contribution in [0, 0.1) is 11.8 Å². The van der Waals surface area contributed by atoms with Gasteiger partial charge in [0.1, 0.15) is 37.1 Å². The van der Waals surface area contributed by atoms with Crippen LogP contribution in [0.3, 0.4) is 0 Å². The third-order valence-corrected chi connectivity index (χ3v) is 14.6. The number of esters is 3. The molecule has 2 amide bonds. The smallest absolute Gasteiger partial charge is 0.308 e. The normalized spacial score (nSPS) is 36.8. The molecule has 0 saturated carbocycles. The zero-order valence-corrected chi connectivity index (χ0v) is 46.1. The lowest BCUT2D eigenvalue weighted by Crippen LogP contribution is -2.72. The number of allylic oxidation sites excluding steroid dienone is 4. The van der Waals surface area contributed by atoms with Gasteiger partial charge in [0.2, 0.25) is 11.8 Å². The van der Waals surface area contributed by atoms with Crippen molar-refractivity contribution in [1.29, 1.82) is 0 Å². The van der Waals surface area contributed by atoms with E-state index in [1.807, 2.05) is 52.8 Å². The number of carbonyl (C=O) groups is 5. The highest BCUT2D eigenvalue weighted by Gasteiger charge is 2.60. The summed E-state index contributed by atoms with van der Waals surface area (Å²) in [7, 11) is 0. The number of nitrogens with one attached hydrogen (secondary N) is 2. The van der Waals surface area contributed by atoms with Gasteiger partial charge in [0.25, 0.3) is 0 Å². The third kappa shape index (κ3) is 19.6. The number of carbonyl (C=O) groups excluding carboxylic acids is 5. The molecule has 0 aliphatic carbocycles. The molecule has 7 N–H and O–H groups in total. The second kappa shape index (κ2) is 28.4. The maximum atomic E-state index is 13.3. The van der Waals surface area contributed by atoms with Gasteiger partial charge in [0.05, 0.1) is 66.6 Å². The first-order valence-corrected chi connectivity index (χ1v) is 26.5. The highest BCUT2D eigenvalue weighted by Crippen LogP contribution is 2.38. The van der Waals surface area contributed by atoms with Crippen LogP contribution in [-0.2, 0) is 57.1 Å². The number of hydrogen-bond donors (Lipinski definition) is 7. The maximum Gasteiger partial charge on any atom is 0.308 e. The monoisotopic (exact) mass is 1080 g/mol. The largest absolute Gasteiger partial charge is 0.462 e. The first-order chi connectivity index (χ1) is 35.0. The molecule has 19 nitrogen and oxygen atoms in total. The predicted molar refractivity (Wildman–Crippen MR) is 277 cm³/mol. The summed E-state index contributed by atoms with van der Waals surface area (Å²) in [5.41, 5.74) is -2.33. The number of rotatable bonds is 21. The molecule has 18 atom stereocenters. The van der Waals surface area contributed by atoms with Gasteiger partial charge in [-0.15, -0.1) is 11.6 Å². The fourth-order valence-corrected chi connectivity index (χ4v) is 10.0. The molecule has 0 aromatic rings. The number of alkyl halides is 1. The number of halogens is 1. The maximum absolute atomic E-state index is 13.3. The van der Waals surface area contributed by atoms with E-state index in [-0.39, 0.29) is 85.3 Å². The molecule has 4 aliphatic rings. The minimum atomic E-state index is -2.58. The van der Waals surface area contributed by atoms with Gasteiger partial charge in [-0.1, -0.05) is 61.4 Å². The topological polar surface area (TPSA) is 275 Å². The van der Waals surface area contributed by atoms with Crippen LogP contribution in [-0.4, -0.2) is 164 Å². The minimum absolute atomic E-state index is 0.00485. The van der Waals surface area contributed by atoms with Crippen molar-refractivity contribution in [2.24, 2.45) is 11.8 Å². The molecule has 4 heterocycles. The number of aliphatic hydroxyl groups excluding tert-OH is 2. The molecule has 0 aromatic heterocycles. The molecule has 0 bridgehead atoms. The fraction of sp³-hybridized carbons (Fsp3) is 0.691. The van der Waals surface area contributed by atoms with E-state index in [1.165, 1.54) is 44.2 Å². The summed E-state index contributed by atoms with van der Waals surface area (Å²) in [6.45, 7) is 17.7. The van der Waals surface area contributed by atoms with E-state index in [4.69, 9.17) is 44.8 Å². The molecule has 0 spiro atoms. The molecule has 20 heteroatoms. The SMILES string of the molecule is CC(=O)O[C@@H](C)/C=C\C(=O)N[C@@H]1C[C@H](C)[C@H](C/C=C(C)/C=C/[C@@H]2C[C@](O)(CCl)C[C@@H](CC(=O)OC[C@@]3(O)[C@H](O)[C@@H](/C=C/C(C)=C/C[C@@H]4O[C@H](C)[C@H](NC(=O)/C=C\[C@H](C)OC(C)=O)C[C@@H]4C)O[C@](C)(O)[C@@H]3O)O2)O[C@@H]1C. The van der Waals surface area contributed by atoms with Crippen LogP contribution in [0.15, 0.2) is 71.9 Å². The first-order valence-electron chi connectivity index (χ1n) is 25.9. The number of aliphatic hydroxyl groups is 5. The van der Waals surface area contributed by atoms with Crippen molar-refractivity contribution in [3.05, 3.63) is 71.9 Å². The van der Waals surface area contributed by atoms with Crippen molar-refractivity contribution >= 4 is 41.3 Å². The molecule has 4 fully saturated rings. The molecule has 0 radical (unpaired) electrons. The Labute approximate surface area is 446 Å². The van der Waals surface area contributed by atoms with E-state index in [0.717, 1.165) is 18.1 Å². The van der Waals surface area contributed by atoms with E-state index in [0.29, 0.717) is 25.7 Å². The molecular weight excluding hydrogens is 996 g/mol.